The summed E-state index contributed by atoms with van der Waals surface area (Å²) in [5.74, 6) is -0.743. The number of fused-ring (bicyclic) bond motifs is 1. The molecule has 0 unspecified atom stereocenters. The normalized spacial score (nSPS) is 21.6. The minimum absolute atomic E-state index is 0.0563. The number of benzene rings is 1. The zero-order valence-electron chi connectivity index (χ0n) is 11.3. The summed E-state index contributed by atoms with van der Waals surface area (Å²) in [7, 11) is 0. The van der Waals surface area contributed by atoms with E-state index in [0.29, 0.717) is 25.1 Å². The number of rotatable bonds is 2. The Bertz CT molecular complexity index is 550. The van der Waals surface area contributed by atoms with Gasteiger partial charge in [0.1, 0.15) is 0 Å². The smallest absolute Gasteiger partial charge is 0.335 e. The van der Waals surface area contributed by atoms with Crippen LogP contribution in [0.15, 0.2) is 18.2 Å². The molecule has 2 N–H and O–H groups in total. The summed E-state index contributed by atoms with van der Waals surface area (Å²) in [5.41, 5.74) is 2.21. The van der Waals surface area contributed by atoms with Crippen LogP contribution in [0.4, 0.5) is 0 Å². The molecule has 0 saturated carbocycles. The van der Waals surface area contributed by atoms with Crippen LogP contribution < -0.4 is 5.32 Å². The van der Waals surface area contributed by atoms with Gasteiger partial charge in [0.2, 0.25) is 5.91 Å². The van der Waals surface area contributed by atoms with Crippen LogP contribution in [-0.2, 0) is 17.8 Å². The molecule has 1 aromatic carbocycles. The van der Waals surface area contributed by atoms with Gasteiger partial charge in [-0.25, -0.2) is 4.79 Å². The van der Waals surface area contributed by atoms with Crippen molar-refractivity contribution >= 4 is 11.9 Å². The maximum absolute atomic E-state index is 12.4. The molecule has 2 aliphatic heterocycles. The van der Waals surface area contributed by atoms with Gasteiger partial charge < -0.3 is 15.3 Å². The molecule has 2 aliphatic rings. The number of amides is 1. The fourth-order valence-electron chi connectivity index (χ4n) is 3.11. The highest BCUT2D eigenvalue weighted by Gasteiger charge is 2.30. The largest absolute Gasteiger partial charge is 0.478 e. The third-order valence-corrected chi connectivity index (χ3v) is 4.17. The lowest BCUT2D eigenvalue weighted by Crippen LogP contribution is -2.45. The summed E-state index contributed by atoms with van der Waals surface area (Å²) in [5, 5.41) is 12.4. The van der Waals surface area contributed by atoms with Crippen LogP contribution in [0, 0.1) is 0 Å². The van der Waals surface area contributed by atoms with Gasteiger partial charge in [-0.05, 0) is 43.0 Å². The van der Waals surface area contributed by atoms with Gasteiger partial charge in [-0.2, -0.15) is 0 Å². The van der Waals surface area contributed by atoms with Gasteiger partial charge in [-0.15, -0.1) is 0 Å². The first-order valence-corrected chi connectivity index (χ1v) is 7.03. The summed E-state index contributed by atoms with van der Waals surface area (Å²) in [4.78, 5) is 25.4. The molecule has 1 amide bonds. The van der Waals surface area contributed by atoms with E-state index in [4.69, 9.17) is 0 Å². The lowest BCUT2D eigenvalue weighted by molar-refractivity contribution is -0.134. The molecule has 0 aliphatic carbocycles. The van der Waals surface area contributed by atoms with Gasteiger partial charge in [-0.3, -0.25) is 4.79 Å². The standard InChI is InChI=1S/C15H18N2O3/c18-14(13-5-2-7-16-13)17-8-6-11-10(9-17)3-1-4-12(11)15(19)20/h1,3-4,13,16H,2,5-9H2,(H,19,20)/t13-/m1/s1. The van der Waals surface area contributed by atoms with Crippen molar-refractivity contribution in [2.24, 2.45) is 0 Å². The van der Waals surface area contributed by atoms with E-state index in [1.54, 1.807) is 12.1 Å². The second kappa shape index (κ2) is 5.25. The van der Waals surface area contributed by atoms with Crippen LogP contribution in [0.25, 0.3) is 0 Å². The molecule has 3 rings (SSSR count). The van der Waals surface area contributed by atoms with E-state index in [0.717, 1.165) is 30.5 Å². The van der Waals surface area contributed by atoms with Crippen molar-refractivity contribution in [2.75, 3.05) is 13.1 Å². The van der Waals surface area contributed by atoms with Crippen LogP contribution in [-0.4, -0.2) is 41.0 Å². The van der Waals surface area contributed by atoms with Crippen LogP contribution >= 0.6 is 0 Å². The van der Waals surface area contributed by atoms with E-state index < -0.39 is 5.97 Å². The number of hydrogen-bond donors (Lipinski definition) is 2. The monoisotopic (exact) mass is 274 g/mol. The highest BCUT2D eigenvalue weighted by molar-refractivity contribution is 5.90. The molecular weight excluding hydrogens is 256 g/mol. The van der Waals surface area contributed by atoms with Crippen molar-refractivity contribution in [2.45, 2.75) is 31.8 Å². The summed E-state index contributed by atoms with van der Waals surface area (Å²) in [6, 6.07) is 5.25. The van der Waals surface area contributed by atoms with Crippen molar-refractivity contribution in [1.82, 2.24) is 10.2 Å². The fourth-order valence-corrected chi connectivity index (χ4v) is 3.11. The molecule has 1 atom stereocenters. The first kappa shape index (κ1) is 13.1. The van der Waals surface area contributed by atoms with Crippen LogP contribution in [0.3, 0.4) is 0 Å². The van der Waals surface area contributed by atoms with E-state index in [2.05, 4.69) is 5.32 Å². The maximum Gasteiger partial charge on any atom is 0.335 e. The quantitative estimate of drug-likeness (QED) is 0.845. The first-order chi connectivity index (χ1) is 9.66. The van der Waals surface area contributed by atoms with E-state index >= 15 is 0 Å². The van der Waals surface area contributed by atoms with Crippen molar-refractivity contribution in [3.05, 3.63) is 34.9 Å². The third kappa shape index (κ3) is 2.29. The Hall–Kier alpha value is -1.88. The van der Waals surface area contributed by atoms with Gasteiger partial charge in [-0.1, -0.05) is 12.1 Å². The summed E-state index contributed by atoms with van der Waals surface area (Å²) in [6.07, 6.45) is 2.57. The van der Waals surface area contributed by atoms with Crippen LogP contribution in [0.1, 0.15) is 34.3 Å². The summed E-state index contributed by atoms with van der Waals surface area (Å²) >= 11 is 0. The topological polar surface area (TPSA) is 69.6 Å². The maximum atomic E-state index is 12.4. The minimum Gasteiger partial charge on any atom is -0.478 e. The molecule has 0 bridgehead atoms. The van der Waals surface area contributed by atoms with Gasteiger partial charge in [0.25, 0.3) is 0 Å². The molecule has 1 saturated heterocycles. The molecule has 1 fully saturated rings. The summed E-state index contributed by atoms with van der Waals surface area (Å²) < 4.78 is 0. The van der Waals surface area contributed by atoms with Gasteiger partial charge in [0.05, 0.1) is 11.6 Å². The minimum atomic E-state index is -0.890. The van der Waals surface area contributed by atoms with Gasteiger partial charge in [0.15, 0.2) is 0 Å². The zero-order valence-corrected chi connectivity index (χ0v) is 11.3. The molecule has 0 spiro atoms. The SMILES string of the molecule is O=C(O)c1cccc2c1CCN(C(=O)[C@H]1CCCN1)C2. The molecule has 0 aromatic heterocycles. The Labute approximate surface area is 117 Å². The number of carbonyl (C=O) groups excluding carboxylic acids is 1. The van der Waals surface area contributed by atoms with Gasteiger partial charge in [0, 0.05) is 13.1 Å². The Morgan fingerprint density at radius 2 is 2.20 bits per heavy atom. The van der Waals surface area contributed by atoms with E-state index in [1.807, 2.05) is 11.0 Å². The second-order valence-electron chi connectivity index (χ2n) is 5.41. The molecule has 106 valence electrons. The fraction of sp³-hybridized carbons (Fsp3) is 0.467. The average molecular weight is 274 g/mol. The first-order valence-electron chi connectivity index (χ1n) is 7.03. The van der Waals surface area contributed by atoms with Crippen molar-refractivity contribution < 1.29 is 14.7 Å². The molecular formula is C15H18N2O3. The third-order valence-electron chi connectivity index (χ3n) is 4.17. The molecule has 0 radical (unpaired) electrons. The molecule has 1 aromatic rings. The number of carbonyl (C=O) groups is 2. The molecule has 2 heterocycles. The Morgan fingerprint density at radius 1 is 1.35 bits per heavy atom. The van der Waals surface area contributed by atoms with Gasteiger partial charge >= 0.3 is 5.97 Å². The van der Waals surface area contributed by atoms with Crippen LogP contribution in [0.5, 0.6) is 0 Å². The van der Waals surface area contributed by atoms with Crippen LogP contribution in [0.2, 0.25) is 0 Å². The molecule has 5 heteroatoms. The molecule has 20 heavy (non-hydrogen) atoms. The number of carboxylic acid groups (broad SMARTS) is 1. The van der Waals surface area contributed by atoms with E-state index in [-0.39, 0.29) is 11.9 Å². The Kier molecular flexibility index (Phi) is 3.44. The summed E-state index contributed by atoms with van der Waals surface area (Å²) in [6.45, 7) is 2.03. The highest BCUT2D eigenvalue weighted by atomic mass is 16.4. The lowest BCUT2D eigenvalue weighted by atomic mass is 9.94. The average Bonchev–Trinajstić information content (AvgIpc) is 2.99. The number of aromatic carboxylic acids is 1. The van der Waals surface area contributed by atoms with E-state index in [1.165, 1.54) is 0 Å². The van der Waals surface area contributed by atoms with Crippen molar-refractivity contribution in [3.8, 4) is 0 Å². The highest BCUT2D eigenvalue weighted by Crippen LogP contribution is 2.24. The van der Waals surface area contributed by atoms with Crippen molar-refractivity contribution in [1.29, 1.82) is 0 Å². The number of nitrogens with zero attached hydrogens (tertiary/aromatic N) is 1. The lowest BCUT2D eigenvalue weighted by Gasteiger charge is -2.31. The number of carboxylic acids is 1. The van der Waals surface area contributed by atoms with Crippen molar-refractivity contribution in [3.63, 3.8) is 0 Å². The Balaban J connectivity index is 1.80. The predicted octanol–water partition coefficient (Wildman–Crippen LogP) is 1.02. The molecule has 5 nitrogen and oxygen atoms in total. The number of hydrogen-bond acceptors (Lipinski definition) is 3. The zero-order chi connectivity index (χ0) is 14.1. The second-order valence-corrected chi connectivity index (χ2v) is 5.41. The van der Waals surface area contributed by atoms with E-state index in [9.17, 15) is 14.7 Å². The number of nitrogens with one attached hydrogen (secondary N) is 1. The Morgan fingerprint density at radius 3 is 2.90 bits per heavy atom. The predicted molar refractivity (Wildman–Crippen MR) is 73.5 cm³/mol.